The van der Waals surface area contributed by atoms with Gasteiger partial charge in [-0.05, 0) is 98.3 Å². The quantitative estimate of drug-likeness (QED) is 0.584. The first-order valence-corrected chi connectivity index (χ1v) is 11.9. The van der Waals surface area contributed by atoms with E-state index in [-0.39, 0.29) is 17.2 Å². The third-order valence-corrected chi connectivity index (χ3v) is 7.65. The minimum atomic E-state index is -0.221. The molecule has 0 atom stereocenters. The van der Waals surface area contributed by atoms with Gasteiger partial charge >= 0.3 is 0 Å². The van der Waals surface area contributed by atoms with Gasteiger partial charge in [0.15, 0.2) is 5.11 Å². The molecule has 2 amide bonds. The second kappa shape index (κ2) is 8.66. The largest absolute Gasteiger partial charge is 0.348 e. The molecule has 0 spiro atoms. The predicted molar refractivity (Wildman–Crippen MR) is 129 cm³/mol. The van der Waals surface area contributed by atoms with Crippen LogP contribution in [0.25, 0.3) is 0 Å². The summed E-state index contributed by atoms with van der Waals surface area (Å²) in [5.74, 6) is 2.11. The van der Waals surface area contributed by atoms with Crippen LogP contribution in [-0.2, 0) is 11.3 Å². The van der Waals surface area contributed by atoms with Crippen LogP contribution in [0, 0.1) is 23.2 Å². The zero-order valence-electron chi connectivity index (χ0n) is 18.1. The van der Waals surface area contributed by atoms with Gasteiger partial charge in [-0.1, -0.05) is 30.3 Å². The number of benzene rings is 2. The van der Waals surface area contributed by atoms with Gasteiger partial charge in [0.1, 0.15) is 0 Å². The molecule has 4 aliphatic carbocycles. The monoisotopic (exact) mass is 447 g/mol. The lowest BCUT2D eigenvalue weighted by Gasteiger charge is -2.55. The molecule has 0 aliphatic heterocycles. The van der Waals surface area contributed by atoms with Crippen molar-refractivity contribution in [2.45, 2.75) is 45.1 Å². The Morgan fingerprint density at radius 3 is 2.06 bits per heavy atom. The Labute approximate surface area is 194 Å². The number of anilines is 1. The van der Waals surface area contributed by atoms with Crippen LogP contribution >= 0.6 is 12.2 Å². The van der Waals surface area contributed by atoms with Crippen molar-refractivity contribution in [1.82, 2.24) is 10.6 Å². The molecule has 2 aromatic carbocycles. The fraction of sp³-hybridized carbons (Fsp3) is 0.423. The van der Waals surface area contributed by atoms with E-state index in [4.69, 9.17) is 12.2 Å². The Kier molecular flexibility index (Phi) is 5.72. The van der Waals surface area contributed by atoms with E-state index >= 15 is 0 Å². The molecular weight excluding hydrogens is 418 g/mol. The molecular formula is C26H29N3O2S. The number of nitrogens with one attached hydrogen (secondary N) is 3. The summed E-state index contributed by atoms with van der Waals surface area (Å²) < 4.78 is 0. The smallest absolute Gasteiger partial charge is 0.251 e. The third-order valence-electron chi connectivity index (χ3n) is 7.45. The summed E-state index contributed by atoms with van der Waals surface area (Å²) in [4.78, 5) is 25.5. The summed E-state index contributed by atoms with van der Waals surface area (Å²) in [7, 11) is 0. The molecule has 166 valence electrons. The number of thiocarbonyl (C=S) groups is 1. The maximum absolute atomic E-state index is 13.1. The van der Waals surface area contributed by atoms with Crippen LogP contribution in [0.1, 0.15) is 54.4 Å². The van der Waals surface area contributed by atoms with Crippen molar-refractivity contribution in [3.05, 3.63) is 65.7 Å². The third kappa shape index (κ3) is 4.42. The lowest BCUT2D eigenvalue weighted by Crippen LogP contribution is -2.55. The van der Waals surface area contributed by atoms with Crippen molar-refractivity contribution in [1.29, 1.82) is 0 Å². The van der Waals surface area contributed by atoms with Crippen molar-refractivity contribution in [3.8, 4) is 0 Å². The van der Waals surface area contributed by atoms with E-state index in [9.17, 15) is 9.59 Å². The van der Waals surface area contributed by atoms with E-state index < -0.39 is 0 Å². The van der Waals surface area contributed by atoms with Crippen LogP contribution in [0.3, 0.4) is 0 Å². The molecule has 2 aromatic rings. The van der Waals surface area contributed by atoms with Crippen LogP contribution < -0.4 is 16.0 Å². The van der Waals surface area contributed by atoms with Crippen LogP contribution in [0.5, 0.6) is 0 Å². The molecule has 0 heterocycles. The SMILES string of the molecule is O=C(NCc1ccccc1)c1ccc(NC(=S)NC(=O)C23CC4CC(CC(C4)C2)C3)cc1. The van der Waals surface area contributed by atoms with Gasteiger partial charge in [-0.25, -0.2) is 0 Å². The minimum Gasteiger partial charge on any atom is -0.348 e. The van der Waals surface area contributed by atoms with Crippen LogP contribution in [-0.4, -0.2) is 16.9 Å². The molecule has 6 heteroatoms. The number of amides is 2. The highest BCUT2D eigenvalue weighted by Gasteiger charge is 2.54. The van der Waals surface area contributed by atoms with Crippen molar-refractivity contribution in [2.24, 2.45) is 23.2 Å². The molecule has 0 saturated heterocycles. The van der Waals surface area contributed by atoms with Crippen molar-refractivity contribution in [3.63, 3.8) is 0 Å². The van der Waals surface area contributed by atoms with Crippen LogP contribution in [0.2, 0.25) is 0 Å². The zero-order chi connectivity index (χ0) is 22.1. The Balaban J connectivity index is 1.14. The molecule has 0 radical (unpaired) electrons. The Morgan fingerprint density at radius 1 is 0.875 bits per heavy atom. The minimum absolute atomic E-state index is 0.0889. The predicted octanol–water partition coefficient (Wildman–Crippen LogP) is 4.65. The van der Waals surface area contributed by atoms with E-state index in [1.54, 1.807) is 24.3 Å². The second-order valence-electron chi connectivity index (χ2n) is 9.85. The maximum Gasteiger partial charge on any atom is 0.251 e. The molecule has 0 unspecified atom stereocenters. The van der Waals surface area contributed by atoms with E-state index in [0.717, 1.165) is 30.5 Å². The van der Waals surface area contributed by atoms with Gasteiger partial charge in [-0.15, -0.1) is 0 Å². The topological polar surface area (TPSA) is 70.2 Å². The molecule has 0 aromatic heterocycles. The second-order valence-corrected chi connectivity index (χ2v) is 10.3. The first-order valence-electron chi connectivity index (χ1n) is 11.5. The first-order chi connectivity index (χ1) is 15.5. The van der Waals surface area contributed by atoms with E-state index in [2.05, 4.69) is 16.0 Å². The van der Waals surface area contributed by atoms with Gasteiger partial charge < -0.3 is 16.0 Å². The Morgan fingerprint density at radius 2 is 1.47 bits per heavy atom. The summed E-state index contributed by atoms with van der Waals surface area (Å²) in [5.41, 5.74) is 2.16. The Hall–Kier alpha value is -2.73. The summed E-state index contributed by atoms with van der Waals surface area (Å²) in [6, 6.07) is 16.9. The summed E-state index contributed by atoms with van der Waals surface area (Å²) in [5, 5.41) is 9.31. The van der Waals surface area contributed by atoms with Gasteiger partial charge in [0.25, 0.3) is 5.91 Å². The molecule has 4 bridgehead atoms. The molecule has 4 fully saturated rings. The van der Waals surface area contributed by atoms with Crippen LogP contribution in [0.4, 0.5) is 5.69 Å². The average molecular weight is 448 g/mol. The van der Waals surface area contributed by atoms with Gasteiger partial charge in [-0.3, -0.25) is 9.59 Å². The molecule has 4 saturated carbocycles. The number of hydrogen-bond acceptors (Lipinski definition) is 3. The van der Waals surface area contributed by atoms with Crippen molar-refractivity contribution >= 4 is 34.8 Å². The Bertz CT molecular complexity index is 984. The van der Waals surface area contributed by atoms with Crippen molar-refractivity contribution < 1.29 is 9.59 Å². The summed E-state index contributed by atoms with van der Waals surface area (Å²) in [6.45, 7) is 0.486. The van der Waals surface area contributed by atoms with Crippen LogP contribution in [0.15, 0.2) is 54.6 Å². The molecule has 3 N–H and O–H groups in total. The summed E-state index contributed by atoms with van der Waals surface area (Å²) >= 11 is 5.43. The number of carbonyl (C=O) groups is 2. The fourth-order valence-corrected chi connectivity index (χ4v) is 6.58. The standard InChI is InChI=1S/C26H29N3O2S/c30-23(27-16-17-4-2-1-3-5-17)21-6-8-22(9-7-21)28-25(32)29-24(31)26-13-18-10-19(14-26)12-20(11-18)15-26/h1-9,18-20H,10-16H2,(H,27,30)(H2,28,29,31,32). The summed E-state index contributed by atoms with van der Waals surface area (Å²) in [6.07, 6.45) is 6.96. The maximum atomic E-state index is 13.1. The van der Waals surface area contributed by atoms with Gasteiger partial charge in [0, 0.05) is 17.8 Å². The van der Waals surface area contributed by atoms with E-state index in [1.165, 1.54) is 19.3 Å². The number of carbonyl (C=O) groups excluding carboxylic acids is 2. The van der Waals surface area contributed by atoms with Crippen molar-refractivity contribution in [2.75, 3.05) is 5.32 Å². The number of rotatable bonds is 5. The highest BCUT2D eigenvalue weighted by molar-refractivity contribution is 7.80. The molecule has 6 rings (SSSR count). The molecule has 4 aliphatic rings. The average Bonchev–Trinajstić information content (AvgIpc) is 2.77. The first kappa shape index (κ1) is 21.1. The molecule has 5 nitrogen and oxygen atoms in total. The highest BCUT2D eigenvalue weighted by Crippen LogP contribution is 2.60. The normalized spacial score (nSPS) is 27.6. The van der Waals surface area contributed by atoms with E-state index in [0.29, 0.717) is 35.0 Å². The molecule has 32 heavy (non-hydrogen) atoms. The van der Waals surface area contributed by atoms with Gasteiger partial charge in [0.05, 0.1) is 5.41 Å². The van der Waals surface area contributed by atoms with Gasteiger partial charge in [0.2, 0.25) is 5.91 Å². The lowest BCUT2D eigenvalue weighted by molar-refractivity contribution is -0.144. The zero-order valence-corrected chi connectivity index (χ0v) is 18.9. The van der Waals surface area contributed by atoms with Gasteiger partial charge in [-0.2, -0.15) is 0 Å². The fourth-order valence-electron chi connectivity index (χ4n) is 6.37. The number of hydrogen-bond donors (Lipinski definition) is 3. The highest BCUT2D eigenvalue weighted by atomic mass is 32.1. The van der Waals surface area contributed by atoms with E-state index in [1.807, 2.05) is 30.3 Å². The lowest BCUT2D eigenvalue weighted by atomic mass is 9.49.